The van der Waals surface area contributed by atoms with Crippen LogP contribution < -0.4 is 0 Å². The van der Waals surface area contributed by atoms with Gasteiger partial charge in [0, 0.05) is 25.7 Å². The average Bonchev–Trinajstić information content (AvgIpc) is 2.46. The topological polar surface area (TPSA) is 60.9 Å². The highest BCUT2D eigenvalue weighted by Crippen LogP contribution is 2.28. The normalized spacial score (nSPS) is 31.3. The second-order valence-electron chi connectivity index (χ2n) is 5.76. The number of amides is 1. The van der Waals surface area contributed by atoms with Crippen molar-refractivity contribution < 1.29 is 14.7 Å². The van der Waals surface area contributed by atoms with Crippen LogP contribution in [0.1, 0.15) is 26.7 Å². The molecule has 1 heterocycles. The first-order chi connectivity index (χ1) is 9.54. The number of likely N-dealkylation sites (N-methyl/N-ethyl adjacent to an activating group) is 1. The zero-order valence-electron chi connectivity index (χ0n) is 12.3. The summed E-state index contributed by atoms with van der Waals surface area (Å²) in [6.07, 6.45) is 4.84. The van der Waals surface area contributed by atoms with E-state index in [4.69, 9.17) is 0 Å². The number of hydrogen-bond acceptors (Lipinski definition) is 3. The first kappa shape index (κ1) is 15.0. The van der Waals surface area contributed by atoms with E-state index in [0.29, 0.717) is 32.0 Å². The Morgan fingerprint density at radius 3 is 2.40 bits per heavy atom. The molecule has 2 rings (SSSR count). The highest BCUT2D eigenvalue weighted by Gasteiger charge is 2.37. The summed E-state index contributed by atoms with van der Waals surface area (Å²) >= 11 is 0. The molecule has 1 N–H and O–H groups in total. The molecular weight excluding hydrogens is 256 g/mol. The highest BCUT2D eigenvalue weighted by molar-refractivity contribution is 5.85. The Morgan fingerprint density at radius 2 is 1.85 bits per heavy atom. The van der Waals surface area contributed by atoms with Crippen LogP contribution in [0.2, 0.25) is 0 Å². The van der Waals surface area contributed by atoms with Crippen LogP contribution in [0.25, 0.3) is 0 Å². The first-order valence-electron chi connectivity index (χ1n) is 7.45. The Labute approximate surface area is 120 Å². The van der Waals surface area contributed by atoms with E-state index in [2.05, 4.69) is 18.7 Å². The molecule has 20 heavy (non-hydrogen) atoms. The Balaban J connectivity index is 2.03. The van der Waals surface area contributed by atoms with Crippen molar-refractivity contribution in [2.45, 2.75) is 32.7 Å². The molecule has 1 aliphatic carbocycles. The third-order valence-corrected chi connectivity index (χ3v) is 4.55. The molecule has 5 nitrogen and oxygen atoms in total. The number of hydrogen-bond donors (Lipinski definition) is 1. The molecule has 0 radical (unpaired) electrons. The largest absolute Gasteiger partial charge is 0.481 e. The molecule has 0 aromatic heterocycles. The fourth-order valence-electron chi connectivity index (χ4n) is 3.26. The van der Waals surface area contributed by atoms with Gasteiger partial charge < -0.3 is 10.0 Å². The standard InChI is InChI=1S/C15H24N2O3/c1-3-16-8-9-17(10-11(16)2)14(18)12-6-4-5-7-13(12)15(19)20/h4-5,11-13H,3,6-10H2,1-2H3,(H,19,20). The molecule has 1 fully saturated rings. The van der Waals surface area contributed by atoms with Crippen molar-refractivity contribution in [3.63, 3.8) is 0 Å². The summed E-state index contributed by atoms with van der Waals surface area (Å²) in [6, 6.07) is 0.347. The maximum absolute atomic E-state index is 12.6. The fourth-order valence-corrected chi connectivity index (χ4v) is 3.26. The van der Waals surface area contributed by atoms with Gasteiger partial charge in [-0.25, -0.2) is 0 Å². The fraction of sp³-hybridized carbons (Fsp3) is 0.733. The predicted octanol–water partition coefficient (Wildman–Crippen LogP) is 1.21. The predicted molar refractivity (Wildman–Crippen MR) is 76.3 cm³/mol. The van der Waals surface area contributed by atoms with Crippen LogP contribution in [-0.4, -0.2) is 59.0 Å². The molecule has 0 bridgehead atoms. The van der Waals surface area contributed by atoms with Crippen molar-refractivity contribution in [2.75, 3.05) is 26.2 Å². The van der Waals surface area contributed by atoms with Crippen LogP contribution in [-0.2, 0) is 9.59 Å². The van der Waals surface area contributed by atoms with Gasteiger partial charge in [-0.1, -0.05) is 19.1 Å². The molecule has 1 amide bonds. The Kier molecular flexibility index (Phi) is 4.81. The van der Waals surface area contributed by atoms with Gasteiger partial charge in [-0.3, -0.25) is 14.5 Å². The van der Waals surface area contributed by atoms with Gasteiger partial charge in [-0.05, 0) is 26.3 Å². The molecule has 2 aliphatic rings. The second kappa shape index (κ2) is 6.39. The smallest absolute Gasteiger partial charge is 0.307 e. The van der Waals surface area contributed by atoms with Crippen LogP contribution in [0.5, 0.6) is 0 Å². The summed E-state index contributed by atoms with van der Waals surface area (Å²) in [7, 11) is 0. The lowest BCUT2D eigenvalue weighted by molar-refractivity contribution is -0.151. The maximum Gasteiger partial charge on any atom is 0.307 e. The number of aliphatic carboxylic acids is 1. The maximum atomic E-state index is 12.6. The zero-order chi connectivity index (χ0) is 14.7. The molecule has 0 aromatic carbocycles. The number of allylic oxidation sites excluding steroid dienone is 2. The van der Waals surface area contributed by atoms with Gasteiger partial charge >= 0.3 is 5.97 Å². The van der Waals surface area contributed by atoms with Crippen LogP contribution >= 0.6 is 0 Å². The number of rotatable bonds is 3. The quantitative estimate of drug-likeness (QED) is 0.789. The van der Waals surface area contributed by atoms with Gasteiger partial charge in [0.05, 0.1) is 11.8 Å². The van der Waals surface area contributed by atoms with E-state index in [1.54, 1.807) is 0 Å². The molecule has 112 valence electrons. The summed E-state index contributed by atoms with van der Waals surface area (Å²) < 4.78 is 0. The summed E-state index contributed by atoms with van der Waals surface area (Å²) in [5.41, 5.74) is 0. The van der Waals surface area contributed by atoms with Crippen molar-refractivity contribution in [2.24, 2.45) is 11.8 Å². The highest BCUT2D eigenvalue weighted by atomic mass is 16.4. The van der Waals surface area contributed by atoms with Gasteiger partial charge in [0.25, 0.3) is 0 Å². The lowest BCUT2D eigenvalue weighted by Gasteiger charge is -2.41. The van der Waals surface area contributed by atoms with Crippen molar-refractivity contribution >= 4 is 11.9 Å². The van der Waals surface area contributed by atoms with Gasteiger partial charge in [0.15, 0.2) is 0 Å². The molecule has 3 unspecified atom stereocenters. The molecule has 0 spiro atoms. The number of carbonyl (C=O) groups excluding carboxylic acids is 1. The van der Waals surface area contributed by atoms with Crippen molar-refractivity contribution in [1.82, 2.24) is 9.80 Å². The van der Waals surface area contributed by atoms with Gasteiger partial charge in [0.2, 0.25) is 5.91 Å². The Morgan fingerprint density at radius 1 is 1.20 bits per heavy atom. The lowest BCUT2D eigenvalue weighted by Crippen LogP contribution is -2.55. The van der Waals surface area contributed by atoms with Gasteiger partial charge in [0.1, 0.15) is 0 Å². The minimum Gasteiger partial charge on any atom is -0.481 e. The summed E-state index contributed by atoms with van der Waals surface area (Å²) in [5, 5.41) is 9.28. The second-order valence-corrected chi connectivity index (χ2v) is 5.76. The summed E-state index contributed by atoms with van der Waals surface area (Å²) in [4.78, 5) is 28.1. The SMILES string of the molecule is CCN1CCN(C(=O)C2CC=CCC2C(=O)O)CC1C. The molecule has 0 saturated carbocycles. The van der Waals surface area contributed by atoms with Gasteiger partial charge in [-0.15, -0.1) is 0 Å². The number of carboxylic acid groups (broad SMARTS) is 1. The molecule has 3 atom stereocenters. The lowest BCUT2D eigenvalue weighted by atomic mass is 9.82. The van der Waals surface area contributed by atoms with E-state index in [-0.39, 0.29) is 5.91 Å². The van der Waals surface area contributed by atoms with E-state index >= 15 is 0 Å². The van der Waals surface area contributed by atoms with E-state index in [1.165, 1.54) is 0 Å². The Bertz CT molecular complexity index is 408. The van der Waals surface area contributed by atoms with Crippen LogP contribution in [0.15, 0.2) is 12.2 Å². The number of piperazine rings is 1. The zero-order valence-corrected chi connectivity index (χ0v) is 12.3. The van der Waals surface area contributed by atoms with Crippen LogP contribution in [0.3, 0.4) is 0 Å². The number of carboxylic acids is 1. The third kappa shape index (κ3) is 3.03. The summed E-state index contributed by atoms with van der Waals surface area (Å²) in [6.45, 7) is 7.54. The first-order valence-corrected chi connectivity index (χ1v) is 7.45. The van der Waals surface area contributed by atoms with E-state index in [1.807, 2.05) is 17.1 Å². The van der Waals surface area contributed by atoms with Crippen molar-refractivity contribution in [3.05, 3.63) is 12.2 Å². The molecule has 5 heteroatoms. The summed E-state index contributed by atoms with van der Waals surface area (Å²) in [5.74, 6) is -1.79. The van der Waals surface area contributed by atoms with E-state index in [9.17, 15) is 14.7 Å². The monoisotopic (exact) mass is 280 g/mol. The Hall–Kier alpha value is -1.36. The van der Waals surface area contributed by atoms with Crippen molar-refractivity contribution in [3.8, 4) is 0 Å². The average molecular weight is 280 g/mol. The number of carbonyl (C=O) groups is 2. The molecule has 1 aliphatic heterocycles. The van der Waals surface area contributed by atoms with Gasteiger partial charge in [-0.2, -0.15) is 0 Å². The van der Waals surface area contributed by atoms with E-state index in [0.717, 1.165) is 13.1 Å². The van der Waals surface area contributed by atoms with E-state index < -0.39 is 17.8 Å². The van der Waals surface area contributed by atoms with Crippen LogP contribution in [0, 0.1) is 11.8 Å². The number of nitrogens with zero attached hydrogens (tertiary/aromatic N) is 2. The van der Waals surface area contributed by atoms with Crippen LogP contribution in [0.4, 0.5) is 0 Å². The molecule has 0 aromatic rings. The minimum atomic E-state index is -0.854. The molecular formula is C15H24N2O3. The van der Waals surface area contributed by atoms with Crippen molar-refractivity contribution in [1.29, 1.82) is 0 Å². The third-order valence-electron chi connectivity index (χ3n) is 4.55. The molecule has 1 saturated heterocycles. The minimum absolute atomic E-state index is 0.0179.